The van der Waals surface area contributed by atoms with Gasteiger partial charge in [0.2, 0.25) is 27.6 Å². The van der Waals surface area contributed by atoms with E-state index in [4.69, 9.17) is 4.52 Å². The lowest BCUT2D eigenvalue weighted by Crippen LogP contribution is -2.41. The maximum absolute atomic E-state index is 12.7. The van der Waals surface area contributed by atoms with Crippen molar-refractivity contribution in [3.63, 3.8) is 0 Å². The van der Waals surface area contributed by atoms with Crippen molar-refractivity contribution >= 4 is 15.9 Å². The van der Waals surface area contributed by atoms with Crippen LogP contribution < -0.4 is 10.0 Å². The number of benzene rings is 1. The van der Waals surface area contributed by atoms with Crippen molar-refractivity contribution in [3.05, 3.63) is 29.7 Å². The Labute approximate surface area is 165 Å². The molecule has 1 heterocycles. The van der Waals surface area contributed by atoms with Crippen LogP contribution in [0.2, 0.25) is 0 Å². The Kier molecular flexibility index (Phi) is 6.46. The third kappa shape index (κ3) is 5.17. The smallest absolute Gasteiger partial charge is 0.241 e. The molecular formula is C19H26N4O4S. The highest BCUT2D eigenvalue weighted by molar-refractivity contribution is 7.89. The second-order valence-corrected chi connectivity index (χ2v) is 8.93. The number of aryl methyl sites for hydroxylation is 2. The molecule has 3 rings (SSSR count). The number of aromatic nitrogens is 2. The fourth-order valence-electron chi connectivity index (χ4n) is 3.39. The zero-order chi connectivity index (χ0) is 20.1. The molecule has 1 saturated carbocycles. The second-order valence-electron chi connectivity index (χ2n) is 7.20. The Balaban J connectivity index is 1.67. The number of hydrogen-bond acceptors (Lipinski definition) is 6. The predicted octanol–water partition coefficient (Wildman–Crippen LogP) is 2.47. The largest absolute Gasteiger partial charge is 0.352 e. The maximum atomic E-state index is 12.7. The van der Waals surface area contributed by atoms with Crippen LogP contribution in [0.3, 0.4) is 0 Å². The number of amides is 1. The fourth-order valence-corrected chi connectivity index (χ4v) is 4.64. The van der Waals surface area contributed by atoms with E-state index in [2.05, 4.69) is 20.2 Å². The third-order valence-electron chi connectivity index (χ3n) is 4.91. The molecule has 0 bridgehead atoms. The number of nitrogens with one attached hydrogen (secondary N) is 2. The van der Waals surface area contributed by atoms with E-state index < -0.39 is 10.0 Å². The quantitative estimate of drug-likeness (QED) is 0.712. The van der Waals surface area contributed by atoms with Crippen LogP contribution in [-0.2, 0) is 14.8 Å². The number of nitrogens with zero attached hydrogens (tertiary/aromatic N) is 2. The SMILES string of the molecule is Cc1nc(-c2ccc(C)c(S(=O)(=O)NCC(=O)NC3CCCCCC3)c2)no1. The Morgan fingerprint density at radius 2 is 1.89 bits per heavy atom. The van der Waals surface area contributed by atoms with E-state index in [-0.39, 0.29) is 23.4 Å². The molecule has 0 saturated heterocycles. The molecule has 28 heavy (non-hydrogen) atoms. The first-order valence-corrected chi connectivity index (χ1v) is 11.0. The minimum absolute atomic E-state index is 0.0923. The maximum Gasteiger partial charge on any atom is 0.241 e. The average molecular weight is 407 g/mol. The van der Waals surface area contributed by atoms with Gasteiger partial charge in [0.25, 0.3) is 0 Å². The van der Waals surface area contributed by atoms with Gasteiger partial charge in [-0.3, -0.25) is 4.79 Å². The summed E-state index contributed by atoms with van der Waals surface area (Å²) >= 11 is 0. The van der Waals surface area contributed by atoms with E-state index in [1.807, 2.05) is 0 Å². The first kappa shape index (κ1) is 20.5. The molecule has 9 heteroatoms. The zero-order valence-electron chi connectivity index (χ0n) is 16.2. The molecule has 152 valence electrons. The Morgan fingerprint density at radius 1 is 1.18 bits per heavy atom. The normalized spacial score (nSPS) is 15.9. The van der Waals surface area contributed by atoms with Gasteiger partial charge in [0.15, 0.2) is 0 Å². The highest BCUT2D eigenvalue weighted by Crippen LogP contribution is 2.23. The van der Waals surface area contributed by atoms with Crippen molar-refractivity contribution in [1.29, 1.82) is 0 Å². The minimum atomic E-state index is -3.85. The molecular weight excluding hydrogens is 380 g/mol. The van der Waals surface area contributed by atoms with Crippen molar-refractivity contribution in [3.8, 4) is 11.4 Å². The van der Waals surface area contributed by atoms with Gasteiger partial charge in [-0.25, -0.2) is 13.1 Å². The number of carbonyl (C=O) groups is 1. The first-order valence-electron chi connectivity index (χ1n) is 9.55. The minimum Gasteiger partial charge on any atom is -0.352 e. The van der Waals surface area contributed by atoms with E-state index in [9.17, 15) is 13.2 Å². The van der Waals surface area contributed by atoms with Crippen LogP contribution in [0.4, 0.5) is 0 Å². The van der Waals surface area contributed by atoms with Gasteiger partial charge in [-0.05, 0) is 31.4 Å². The number of hydrogen-bond donors (Lipinski definition) is 2. The van der Waals surface area contributed by atoms with Gasteiger partial charge in [-0.1, -0.05) is 43.0 Å². The molecule has 1 aromatic carbocycles. The van der Waals surface area contributed by atoms with Gasteiger partial charge in [0.1, 0.15) is 0 Å². The van der Waals surface area contributed by atoms with Crippen LogP contribution in [-0.4, -0.2) is 37.1 Å². The van der Waals surface area contributed by atoms with E-state index >= 15 is 0 Å². The lowest BCUT2D eigenvalue weighted by Gasteiger charge is -2.16. The lowest BCUT2D eigenvalue weighted by molar-refractivity contribution is -0.120. The van der Waals surface area contributed by atoms with Crippen LogP contribution in [0.5, 0.6) is 0 Å². The van der Waals surface area contributed by atoms with Gasteiger partial charge in [-0.2, -0.15) is 4.98 Å². The van der Waals surface area contributed by atoms with E-state index in [1.165, 1.54) is 18.9 Å². The topological polar surface area (TPSA) is 114 Å². The molecule has 1 fully saturated rings. The summed E-state index contributed by atoms with van der Waals surface area (Å²) in [5.41, 5.74) is 1.10. The van der Waals surface area contributed by atoms with E-state index in [1.54, 1.807) is 26.0 Å². The van der Waals surface area contributed by atoms with Gasteiger partial charge in [0.05, 0.1) is 11.4 Å². The van der Waals surface area contributed by atoms with Crippen LogP contribution in [0.15, 0.2) is 27.6 Å². The van der Waals surface area contributed by atoms with Crippen molar-refractivity contribution in [2.45, 2.75) is 63.3 Å². The number of rotatable bonds is 6. The van der Waals surface area contributed by atoms with Crippen LogP contribution in [0.1, 0.15) is 50.0 Å². The lowest BCUT2D eigenvalue weighted by atomic mass is 10.1. The monoisotopic (exact) mass is 406 g/mol. The third-order valence-corrected chi connectivity index (χ3v) is 6.45. The summed E-state index contributed by atoms with van der Waals surface area (Å²) in [7, 11) is -3.85. The standard InChI is InChI=1S/C19H26N4O4S/c1-13-9-10-15(19-21-14(2)27-23-19)11-17(13)28(25,26)20-12-18(24)22-16-7-5-3-4-6-8-16/h9-11,16,20H,3-8,12H2,1-2H3,(H,22,24). The van der Waals surface area contributed by atoms with Crippen LogP contribution in [0, 0.1) is 13.8 Å². The van der Waals surface area contributed by atoms with Gasteiger partial charge in [-0.15, -0.1) is 0 Å². The first-order chi connectivity index (χ1) is 13.3. The summed E-state index contributed by atoms with van der Waals surface area (Å²) in [6.07, 6.45) is 6.47. The highest BCUT2D eigenvalue weighted by atomic mass is 32.2. The second kappa shape index (κ2) is 8.83. The van der Waals surface area contributed by atoms with E-state index in [0.717, 1.165) is 25.7 Å². The van der Waals surface area contributed by atoms with Crippen molar-refractivity contribution < 1.29 is 17.7 Å². The predicted molar refractivity (Wildman–Crippen MR) is 104 cm³/mol. The molecule has 0 radical (unpaired) electrons. The summed E-state index contributed by atoms with van der Waals surface area (Å²) in [4.78, 5) is 16.4. The van der Waals surface area contributed by atoms with Gasteiger partial charge >= 0.3 is 0 Å². The van der Waals surface area contributed by atoms with Gasteiger partial charge in [0, 0.05) is 18.5 Å². The Bertz CT molecular complexity index is 931. The molecule has 0 spiro atoms. The molecule has 0 aliphatic heterocycles. The summed E-state index contributed by atoms with van der Waals surface area (Å²) < 4.78 is 32.8. The molecule has 1 aliphatic rings. The Hall–Kier alpha value is -2.26. The summed E-state index contributed by atoms with van der Waals surface area (Å²) in [5, 5.41) is 6.76. The molecule has 2 N–H and O–H groups in total. The number of carbonyl (C=O) groups excluding carboxylic acids is 1. The molecule has 0 unspecified atom stereocenters. The summed E-state index contributed by atoms with van der Waals surface area (Å²) in [5.74, 6) is 0.409. The van der Waals surface area contributed by atoms with Crippen LogP contribution >= 0.6 is 0 Å². The molecule has 1 aliphatic carbocycles. The molecule has 1 amide bonds. The molecule has 0 atom stereocenters. The highest BCUT2D eigenvalue weighted by Gasteiger charge is 2.21. The van der Waals surface area contributed by atoms with Crippen molar-refractivity contribution in [2.75, 3.05) is 6.54 Å². The van der Waals surface area contributed by atoms with Crippen molar-refractivity contribution in [2.24, 2.45) is 0 Å². The van der Waals surface area contributed by atoms with Gasteiger partial charge < -0.3 is 9.84 Å². The number of sulfonamides is 1. The van der Waals surface area contributed by atoms with Crippen LogP contribution in [0.25, 0.3) is 11.4 Å². The summed E-state index contributed by atoms with van der Waals surface area (Å²) in [6.45, 7) is 3.08. The molecule has 8 nitrogen and oxygen atoms in total. The van der Waals surface area contributed by atoms with E-state index in [0.29, 0.717) is 22.8 Å². The fraction of sp³-hybridized carbons (Fsp3) is 0.526. The van der Waals surface area contributed by atoms with Crippen molar-refractivity contribution in [1.82, 2.24) is 20.2 Å². The zero-order valence-corrected chi connectivity index (χ0v) is 17.0. The average Bonchev–Trinajstić information content (AvgIpc) is 2.93. The molecule has 2 aromatic rings. The summed E-state index contributed by atoms with van der Waals surface area (Å²) in [6, 6.07) is 5.04. The Morgan fingerprint density at radius 3 is 2.54 bits per heavy atom. The molecule has 1 aromatic heterocycles.